The van der Waals surface area contributed by atoms with Gasteiger partial charge in [0.05, 0.1) is 0 Å². The Hall–Kier alpha value is -1.48. The van der Waals surface area contributed by atoms with Crippen LogP contribution in [0.1, 0.15) is 5.56 Å². The van der Waals surface area contributed by atoms with Crippen LogP contribution in [0.5, 0.6) is 5.75 Å². The van der Waals surface area contributed by atoms with E-state index < -0.39 is 0 Å². The first-order valence-electron chi connectivity index (χ1n) is 4.97. The molecular formula is C13H12BrNO. The van der Waals surface area contributed by atoms with Crippen molar-refractivity contribution in [3.63, 3.8) is 0 Å². The van der Waals surface area contributed by atoms with Gasteiger partial charge in [-0.2, -0.15) is 0 Å². The van der Waals surface area contributed by atoms with Gasteiger partial charge in [0.15, 0.2) is 0 Å². The molecule has 0 heterocycles. The summed E-state index contributed by atoms with van der Waals surface area (Å²) in [4.78, 5) is 0. The van der Waals surface area contributed by atoms with Crippen LogP contribution in [0.15, 0.2) is 53.0 Å². The Morgan fingerprint density at radius 2 is 1.81 bits per heavy atom. The summed E-state index contributed by atoms with van der Waals surface area (Å²) in [6.45, 7) is 0.533. The fourth-order valence-electron chi connectivity index (χ4n) is 1.36. The zero-order valence-corrected chi connectivity index (χ0v) is 10.3. The lowest BCUT2D eigenvalue weighted by molar-refractivity contribution is 0.305. The maximum atomic E-state index is 5.66. The molecule has 0 amide bonds. The second-order valence-corrected chi connectivity index (χ2v) is 4.31. The monoisotopic (exact) mass is 277 g/mol. The number of nitrogen functional groups attached to an aromatic ring is 1. The molecule has 2 N–H and O–H groups in total. The molecule has 3 heteroatoms. The SMILES string of the molecule is Nc1ccc(COc2ccccc2)c(Br)c1. The molecule has 0 fully saturated rings. The van der Waals surface area contributed by atoms with Crippen molar-refractivity contribution in [2.75, 3.05) is 5.73 Å². The maximum Gasteiger partial charge on any atom is 0.119 e. The van der Waals surface area contributed by atoms with Crippen molar-refractivity contribution in [1.82, 2.24) is 0 Å². The number of para-hydroxylation sites is 1. The first-order chi connectivity index (χ1) is 7.75. The van der Waals surface area contributed by atoms with E-state index in [1.165, 1.54) is 0 Å². The van der Waals surface area contributed by atoms with Crippen molar-refractivity contribution in [3.05, 3.63) is 58.6 Å². The number of nitrogens with two attached hydrogens (primary N) is 1. The molecule has 2 nitrogen and oxygen atoms in total. The zero-order chi connectivity index (χ0) is 11.4. The van der Waals surface area contributed by atoms with Gasteiger partial charge < -0.3 is 10.5 Å². The highest BCUT2D eigenvalue weighted by molar-refractivity contribution is 9.10. The normalized spacial score (nSPS) is 10.1. The Labute approximate surface area is 103 Å². The van der Waals surface area contributed by atoms with Crippen molar-refractivity contribution >= 4 is 21.6 Å². The number of halogens is 1. The van der Waals surface area contributed by atoms with Crippen LogP contribution in [0, 0.1) is 0 Å². The highest BCUT2D eigenvalue weighted by Crippen LogP contribution is 2.21. The quantitative estimate of drug-likeness (QED) is 0.870. The van der Waals surface area contributed by atoms with Gasteiger partial charge in [-0.15, -0.1) is 0 Å². The molecule has 0 radical (unpaired) electrons. The molecule has 0 aliphatic carbocycles. The lowest BCUT2D eigenvalue weighted by atomic mass is 10.2. The molecule has 2 aromatic rings. The molecule has 2 aromatic carbocycles. The van der Waals surface area contributed by atoms with Crippen molar-refractivity contribution in [2.24, 2.45) is 0 Å². The van der Waals surface area contributed by atoms with Crippen molar-refractivity contribution in [1.29, 1.82) is 0 Å². The second-order valence-electron chi connectivity index (χ2n) is 3.45. The Morgan fingerprint density at radius 1 is 1.06 bits per heavy atom. The molecule has 0 unspecified atom stereocenters. The van der Waals surface area contributed by atoms with Crippen LogP contribution in [-0.4, -0.2) is 0 Å². The largest absolute Gasteiger partial charge is 0.489 e. The summed E-state index contributed by atoms with van der Waals surface area (Å²) in [5, 5.41) is 0. The fourth-order valence-corrected chi connectivity index (χ4v) is 1.87. The van der Waals surface area contributed by atoms with Gasteiger partial charge in [-0.05, 0) is 24.3 Å². The van der Waals surface area contributed by atoms with E-state index in [4.69, 9.17) is 10.5 Å². The minimum atomic E-state index is 0.533. The summed E-state index contributed by atoms with van der Waals surface area (Å²) >= 11 is 3.46. The lowest BCUT2D eigenvalue weighted by Crippen LogP contribution is -1.97. The second kappa shape index (κ2) is 5.03. The van der Waals surface area contributed by atoms with Crippen molar-refractivity contribution < 1.29 is 4.74 Å². The number of anilines is 1. The zero-order valence-electron chi connectivity index (χ0n) is 8.69. The minimum Gasteiger partial charge on any atom is -0.489 e. The highest BCUT2D eigenvalue weighted by atomic mass is 79.9. The summed E-state index contributed by atoms with van der Waals surface area (Å²) in [7, 11) is 0. The predicted octanol–water partition coefficient (Wildman–Crippen LogP) is 3.61. The van der Waals surface area contributed by atoms with E-state index in [0.29, 0.717) is 6.61 Å². The molecular weight excluding hydrogens is 266 g/mol. The predicted molar refractivity (Wildman–Crippen MR) is 69.3 cm³/mol. The smallest absolute Gasteiger partial charge is 0.119 e. The van der Waals surface area contributed by atoms with Gasteiger partial charge in [-0.25, -0.2) is 0 Å². The summed E-state index contributed by atoms with van der Waals surface area (Å²) in [5.74, 6) is 0.867. The third-order valence-corrected chi connectivity index (χ3v) is 2.95. The molecule has 0 aliphatic heterocycles. The average Bonchev–Trinajstić information content (AvgIpc) is 2.29. The van der Waals surface area contributed by atoms with E-state index in [0.717, 1.165) is 21.5 Å². The summed E-state index contributed by atoms with van der Waals surface area (Å²) < 4.78 is 6.62. The number of hydrogen-bond acceptors (Lipinski definition) is 2. The minimum absolute atomic E-state index is 0.533. The van der Waals surface area contributed by atoms with Gasteiger partial charge >= 0.3 is 0 Å². The van der Waals surface area contributed by atoms with Gasteiger partial charge in [-0.1, -0.05) is 40.2 Å². The Kier molecular flexibility index (Phi) is 3.47. The van der Waals surface area contributed by atoms with Gasteiger partial charge in [0, 0.05) is 15.7 Å². The van der Waals surface area contributed by atoms with Crippen LogP contribution < -0.4 is 10.5 Å². The topological polar surface area (TPSA) is 35.2 Å². The third-order valence-electron chi connectivity index (χ3n) is 2.21. The summed E-state index contributed by atoms with van der Waals surface area (Å²) in [6.07, 6.45) is 0. The van der Waals surface area contributed by atoms with Crippen LogP contribution >= 0.6 is 15.9 Å². The Bertz CT molecular complexity index is 471. The molecule has 2 rings (SSSR count). The first kappa shape index (κ1) is 11.0. The molecule has 0 aliphatic rings. The van der Waals surface area contributed by atoms with Crippen LogP contribution in [0.25, 0.3) is 0 Å². The molecule has 0 saturated heterocycles. The molecule has 0 atom stereocenters. The van der Waals surface area contributed by atoms with Crippen LogP contribution in [0.4, 0.5) is 5.69 Å². The van der Waals surface area contributed by atoms with Crippen molar-refractivity contribution in [3.8, 4) is 5.75 Å². The highest BCUT2D eigenvalue weighted by Gasteiger charge is 2.01. The molecule has 82 valence electrons. The van der Waals surface area contributed by atoms with E-state index in [-0.39, 0.29) is 0 Å². The number of benzene rings is 2. The standard InChI is InChI=1S/C13H12BrNO/c14-13-8-11(15)7-6-10(13)9-16-12-4-2-1-3-5-12/h1-8H,9,15H2. The number of ether oxygens (including phenoxy) is 1. The van der Waals surface area contributed by atoms with E-state index in [1.54, 1.807) is 0 Å². The average molecular weight is 278 g/mol. The van der Waals surface area contributed by atoms with Crippen LogP contribution in [0.3, 0.4) is 0 Å². The van der Waals surface area contributed by atoms with Gasteiger partial charge in [0.1, 0.15) is 12.4 Å². The maximum absolute atomic E-state index is 5.66. The number of rotatable bonds is 3. The summed E-state index contributed by atoms with van der Waals surface area (Å²) in [6, 6.07) is 15.4. The van der Waals surface area contributed by atoms with Crippen LogP contribution in [-0.2, 0) is 6.61 Å². The van der Waals surface area contributed by atoms with Crippen LogP contribution in [0.2, 0.25) is 0 Å². The van der Waals surface area contributed by atoms with E-state index in [9.17, 15) is 0 Å². The van der Waals surface area contributed by atoms with Crippen molar-refractivity contribution in [2.45, 2.75) is 6.61 Å². The van der Waals surface area contributed by atoms with Gasteiger partial charge in [0.25, 0.3) is 0 Å². The lowest BCUT2D eigenvalue weighted by Gasteiger charge is -2.08. The molecule has 0 aromatic heterocycles. The molecule has 0 bridgehead atoms. The Morgan fingerprint density at radius 3 is 2.50 bits per heavy atom. The Balaban J connectivity index is 2.05. The summed E-state index contributed by atoms with van der Waals surface area (Å²) in [5.41, 5.74) is 7.49. The first-order valence-corrected chi connectivity index (χ1v) is 5.77. The molecule has 0 saturated carbocycles. The van der Waals surface area contributed by atoms with Gasteiger partial charge in [0.2, 0.25) is 0 Å². The van der Waals surface area contributed by atoms with E-state index in [1.807, 2.05) is 48.5 Å². The number of hydrogen-bond donors (Lipinski definition) is 1. The van der Waals surface area contributed by atoms with Gasteiger partial charge in [-0.3, -0.25) is 0 Å². The fraction of sp³-hybridized carbons (Fsp3) is 0.0769. The molecule has 0 spiro atoms. The van der Waals surface area contributed by atoms with E-state index in [2.05, 4.69) is 15.9 Å². The third kappa shape index (κ3) is 2.76. The molecule has 16 heavy (non-hydrogen) atoms. The van der Waals surface area contributed by atoms with E-state index >= 15 is 0 Å².